The average molecular weight is 255 g/mol. The lowest BCUT2D eigenvalue weighted by molar-refractivity contribution is 0.0496. The van der Waals surface area contributed by atoms with Crippen molar-refractivity contribution in [1.29, 1.82) is 0 Å². The van der Waals surface area contributed by atoms with E-state index in [1.165, 1.54) is 6.92 Å². The third-order valence-corrected chi connectivity index (χ3v) is 2.40. The molecule has 0 amide bonds. The fraction of sp³-hybridized carbons (Fsp3) is 0.308. The SMILES string of the molecule is C=CCn1cccc1C(=O)OCCC(C)=C(F)F. The summed E-state index contributed by atoms with van der Waals surface area (Å²) in [5, 5.41) is 0. The summed E-state index contributed by atoms with van der Waals surface area (Å²) in [5.74, 6) is -0.520. The topological polar surface area (TPSA) is 31.2 Å². The van der Waals surface area contributed by atoms with Gasteiger partial charge in [0, 0.05) is 19.2 Å². The van der Waals surface area contributed by atoms with E-state index in [1.54, 1.807) is 29.0 Å². The molecule has 0 unspecified atom stereocenters. The summed E-state index contributed by atoms with van der Waals surface area (Å²) in [7, 11) is 0. The monoisotopic (exact) mass is 255 g/mol. The van der Waals surface area contributed by atoms with E-state index in [2.05, 4.69) is 6.58 Å². The molecule has 0 aromatic carbocycles. The van der Waals surface area contributed by atoms with Crippen LogP contribution in [0.4, 0.5) is 8.78 Å². The maximum absolute atomic E-state index is 12.1. The zero-order valence-corrected chi connectivity index (χ0v) is 10.2. The second-order valence-electron chi connectivity index (χ2n) is 3.76. The van der Waals surface area contributed by atoms with Gasteiger partial charge in [0.15, 0.2) is 0 Å². The Morgan fingerprint density at radius 2 is 2.28 bits per heavy atom. The van der Waals surface area contributed by atoms with Gasteiger partial charge in [-0.15, -0.1) is 6.58 Å². The minimum atomic E-state index is -1.72. The molecule has 1 rings (SSSR count). The molecule has 1 aromatic rings. The Balaban J connectivity index is 2.53. The predicted molar refractivity (Wildman–Crippen MR) is 64.4 cm³/mol. The Hall–Kier alpha value is -1.91. The van der Waals surface area contributed by atoms with Crippen molar-refractivity contribution < 1.29 is 18.3 Å². The first kappa shape index (κ1) is 14.2. The summed E-state index contributed by atoms with van der Waals surface area (Å²) in [5.41, 5.74) is 0.321. The third kappa shape index (κ3) is 3.84. The van der Waals surface area contributed by atoms with E-state index in [9.17, 15) is 13.6 Å². The molecule has 0 aliphatic rings. The van der Waals surface area contributed by atoms with Crippen LogP contribution in [-0.2, 0) is 11.3 Å². The molecule has 0 radical (unpaired) electrons. The molecule has 5 heteroatoms. The number of hydrogen-bond donors (Lipinski definition) is 0. The lowest BCUT2D eigenvalue weighted by Crippen LogP contribution is -2.12. The van der Waals surface area contributed by atoms with Crippen LogP contribution in [0.5, 0.6) is 0 Å². The van der Waals surface area contributed by atoms with Gasteiger partial charge >= 0.3 is 5.97 Å². The normalized spacial score (nSPS) is 9.94. The van der Waals surface area contributed by atoms with Crippen LogP contribution in [0.25, 0.3) is 0 Å². The van der Waals surface area contributed by atoms with Gasteiger partial charge < -0.3 is 9.30 Å². The fourth-order valence-corrected chi connectivity index (χ4v) is 1.36. The number of hydrogen-bond acceptors (Lipinski definition) is 2. The molecule has 0 aliphatic heterocycles. The van der Waals surface area contributed by atoms with Gasteiger partial charge in [0.05, 0.1) is 6.61 Å². The van der Waals surface area contributed by atoms with E-state index in [0.717, 1.165) is 0 Å². The van der Waals surface area contributed by atoms with Crippen molar-refractivity contribution in [3.63, 3.8) is 0 Å². The number of allylic oxidation sites excluding steroid dienone is 1. The summed E-state index contributed by atoms with van der Waals surface area (Å²) in [4.78, 5) is 11.7. The Labute approximate surface area is 104 Å². The molecule has 1 aromatic heterocycles. The van der Waals surface area contributed by atoms with Gasteiger partial charge in [-0.1, -0.05) is 6.08 Å². The van der Waals surface area contributed by atoms with Crippen LogP contribution in [0.3, 0.4) is 0 Å². The highest BCUT2D eigenvalue weighted by Crippen LogP contribution is 2.11. The molecule has 98 valence electrons. The largest absolute Gasteiger partial charge is 0.461 e. The minimum Gasteiger partial charge on any atom is -0.461 e. The van der Waals surface area contributed by atoms with Gasteiger partial charge in [-0.3, -0.25) is 0 Å². The second-order valence-corrected chi connectivity index (χ2v) is 3.76. The van der Waals surface area contributed by atoms with Gasteiger partial charge in [0.25, 0.3) is 6.08 Å². The van der Waals surface area contributed by atoms with Crippen LogP contribution in [0, 0.1) is 0 Å². The Bertz CT molecular complexity index is 459. The van der Waals surface area contributed by atoms with E-state index in [1.807, 2.05) is 0 Å². The van der Waals surface area contributed by atoms with Gasteiger partial charge in [-0.2, -0.15) is 8.78 Å². The Morgan fingerprint density at radius 1 is 1.56 bits per heavy atom. The number of ether oxygens (including phenoxy) is 1. The van der Waals surface area contributed by atoms with Gasteiger partial charge in [0.1, 0.15) is 5.69 Å². The molecule has 3 nitrogen and oxygen atoms in total. The summed E-state index contributed by atoms with van der Waals surface area (Å²) in [6, 6.07) is 3.33. The molecule has 0 spiro atoms. The first-order valence-electron chi connectivity index (χ1n) is 5.50. The lowest BCUT2D eigenvalue weighted by Gasteiger charge is -2.07. The summed E-state index contributed by atoms with van der Waals surface area (Å²) < 4.78 is 30.8. The number of nitrogens with zero attached hydrogens (tertiary/aromatic N) is 1. The minimum absolute atomic E-state index is 0.0379. The van der Waals surface area contributed by atoms with Gasteiger partial charge in [0.2, 0.25) is 0 Å². The maximum atomic E-state index is 12.1. The molecular weight excluding hydrogens is 240 g/mol. The standard InChI is InChI=1S/C13H15F2NO2/c1-3-7-16-8-4-5-11(16)13(17)18-9-6-10(2)12(14)15/h3-5,8H,1,6-7,9H2,2H3. The number of carbonyl (C=O) groups is 1. The van der Waals surface area contributed by atoms with Crippen molar-refractivity contribution >= 4 is 5.97 Å². The zero-order chi connectivity index (χ0) is 13.5. The smallest absolute Gasteiger partial charge is 0.354 e. The number of esters is 1. The van der Waals surface area contributed by atoms with Crippen LogP contribution in [0.1, 0.15) is 23.8 Å². The first-order valence-corrected chi connectivity index (χ1v) is 5.50. The Morgan fingerprint density at radius 3 is 2.89 bits per heavy atom. The van der Waals surface area contributed by atoms with Crippen LogP contribution >= 0.6 is 0 Å². The maximum Gasteiger partial charge on any atom is 0.354 e. The van der Waals surface area contributed by atoms with Crippen molar-refractivity contribution in [2.75, 3.05) is 6.61 Å². The summed E-state index contributed by atoms with van der Waals surface area (Å²) in [6.45, 7) is 5.33. The van der Waals surface area contributed by atoms with Gasteiger partial charge in [-0.05, 0) is 24.6 Å². The van der Waals surface area contributed by atoms with Crippen molar-refractivity contribution in [2.45, 2.75) is 19.9 Å². The van der Waals surface area contributed by atoms with E-state index in [0.29, 0.717) is 12.2 Å². The third-order valence-electron chi connectivity index (χ3n) is 2.40. The summed E-state index contributed by atoms with van der Waals surface area (Å²) >= 11 is 0. The molecular formula is C13H15F2NO2. The highest BCUT2D eigenvalue weighted by molar-refractivity contribution is 5.87. The number of halogens is 2. The molecule has 0 bridgehead atoms. The number of rotatable bonds is 6. The molecule has 0 fully saturated rings. The van der Waals surface area contributed by atoms with Crippen molar-refractivity contribution in [1.82, 2.24) is 4.57 Å². The Kier molecular flexibility index (Phi) is 5.30. The highest BCUT2D eigenvalue weighted by Gasteiger charge is 2.11. The van der Waals surface area contributed by atoms with Crippen LogP contribution in [0.15, 0.2) is 42.6 Å². The fourth-order valence-electron chi connectivity index (χ4n) is 1.36. The highest BCUT2D eigenvalue weighted by atomic mass is 19.3. The van der Waals surface area contributed by atoms with Crippen LogP contribution in [-0.4, -0.2) is 17.1 Å². The van der Waals surface area contributed by atoms with Crippen LogP contribution < -0.4 is 0 Å². The quantitative estimate of drug-likeness (QED) is 0.576. The average Bonchev–Trinajstić information content (AvgIpc) is 2.77. The molecule has 18 heavy (non-hydrogen) atoms. The zero-order valence-electron chi connectivity index (χ0n) is 10.2. The number of carbonyl (C=O) groups excluding carboxylic acids is 1. The van der Waals surface area contributed by atoms with E-state index in [4.69, 9.17) is 4.74 Å². The van der Waals surface area contributed by atoms with Crippen LogP contribution in [0.2, 0.25) is 0 Å². The molecule has 0 saturated carbocycles. The lowest BCUT2D eigenvalue weighted by atomic mass is 10.2. The number of aromatic nitrogens is 1. The molecule has 0 N–H and O–H groups in total. The van der Waals surface area contributed by atoms with E-state index in [-0.39, 0.29) is 18.6 Å². The molecule has 0 aliphatic carbocycles. The second kappa shape index (κ2) is 6.74. The van der Waals surface area contributed by atoms with Crippen molar-refractivity contribution in [3.8, 4) is 0 Å². The molecule has 0 saturated heterocycles. The van der Waals surface area contributed by atoms with Crippen molar-refractivity contribution in [3.05, 3.63) is 48.3 Å². The first-order chi connectivity index (χ1) is 8.56. The molecule has 1 heterocycles. The van der Waals surface area contributed by atoms with E-state index >= 15 is 0 Å². The predicted octanol–water partition coefficient (Wildman–Crippen LogP) is 3.39. The molecule has 0 atom stereocenters. The van der Waals surface area contributed by atoms with Gasteiger partial charge in [-0.25, -0.2) is 4.79 Å². The van der Waals surface area contributed by atoms with E-state index < -0.39 is 12.0 Å². The van der Waals surface area contributed by atoms with Crippen molar-refractivity contribution in [2.24, 2.45) is 0 Å². The summed E-state index contributed by atoms with van der Waals surface area (Å²) in [6.07, 6.45) is 1.70.